The van der Waals surface area contributed by atoms with E-state index < -0.39 is 9.84 Å². The summed E-state index contributed by atoms with van der Waals surface area (Å²) in [6.07, 6.45) is 2.34. The number of thioether (sulfide) groups is 1. The molecular weight excluding hydrogens is 382 g/mol. The van der Waals surface area contributed by atoms with Gasteiger partial charge in [0.15, 0.2) is 15.0 Å². The van der Waals surface area contributed by atoms with Gasteiger partial charge in [-0.3, -0.25) is 4.79 Å². The van der Waals surface area contributed by atoms with Crippen molar-refractivity contribution < 1.29 is 13.2 Å². The van der Waals surface area contributed by atoms with Crippen molar-refractivity contribution in [2.75, 3.05) is 18.1 Å². The van der Waals surface area contributed by atoms with Crippen molar-refractivity contribution in [2.24, 2.45) is 7.05 Å². The summed E-state index contributed by atoms with van der Waals surface area (Å²) in [4.78, 5) is 19.1. The maximum Gasteiger partial charge on any atom is 0.236 e. The first-order valence-corrected chi connectivity index (χ1v) is 11.8. The zero-order chi connectivity index (χ0) is 19.6. The van der Waals surface area contributed by atoms with Crippen LogP contribution in [-0.4, -0.2) is 58.1 Å². The Labute approximate surface area is 164 Å². The van der Waals surface area contributed by atoms with Crippen LogP contribution in [0.25, 0.3) is 11.3 Å². The second kappa shape index (κ2) is 8.06. The zero-order valence-corrected chi connectivity index (χ0v) is 17.5. The molecule has 1 fully saturated rings. The Bertz CT molecular complexity index is 910. The molecule has 0 saturated carbocycles. The molecule has 2 atom stereocenters. The summed E-state index contributed by atoms with van der Waals surface area (Å²) in [6, 6.07) is 9.78. The van der Waals surface area contributed by atoms with Gasteiger partial charge in [-0.05, 0) is 25.8 Å². The van der Waals surface area contributed by atoms with Crippen molar-refractivity contribution in [2.45, 2.75) is 36.7 Å². The molecule has 2 unspecified atom stereocenters. The third-order valence-corrected chi connectivity index (χ3v) is 7.81. The van der Waals surface area contributed by atoms with Gasteiger partial charge < -0.3 is 9.47 Å². The largest absolute Gasteiger partial charge is 0.338 e. The zero-order valence-electron chi connectivity index (χ0n) is 15.8. The number of imidazole rings is 1. The van der Waals surface area contributed by atoms with E-state index in [1.165, 1.54) is 11.8 Å². The predicted octanol–water partition coefficient (Wildman–Crippen LogP) is 2.60. The van der Waals surface area contributed by atoms with Crippen LogP contribution in [0.2, 0.25) is 0 Å². The molecule has 1 aromatic heterocycles. The molecule has 2 heterocycles. The number of rotatable bonds is 6. The van der Waals surface area contributed by atoms with E-state index in [1.54, 1.807) is 4.90 Å². The van der Waals surface area contributed by atoms with E-state index in [9.17, 15) is 13.2 Å². The van der Waals surface area contributed by atoms with E-state index >= 15 is 0 Å². The van der Waals surface area contributed by atoms with Crippen molar-refractivity contribution in [1.29, 1.82) is 0 Å². The lowest BCUT2D eigenvalue weighted by Crippen LogP contribution is -2.44. The van der Waals surface area contributed by atoms with E-state index in [1.807, 2.05) is 62.0 Å². The highest BCUT2D eigenvalue weighted by Gasteiger charge is 2.35. The van der Waals surface area contributed by atoms with Crippen LogP contribution in [-0.2, 0) is 21.7 Å². The third-order valence-electron chi connectivity index (χ3n) is 4.92. The summed E-state index contributed by atoms with van der Waals surface area (Å²) in [5, 5.41) is 0.433. The van der Waals surface area contributed by atoms with Crippen molar-refractivity contribution in [3.05, 3.63) is 36.5 Å². The van der Waals surface area contributed by atoms with Crippen LogP contribution in [0.15, 0.2) is 41.7 Å². The average Bonchev–Trinajstić information content (AvgIpc) is 3.19. The van der Waals surface area contributed by atoms with Gasteiger partial charge in [0.25, 0.3) is 0 Å². The van der Waals surface area contributed by atoms with Gasteiger partial charge in [0, 0.05) is 19.6 Å². The summed E-state index contributed by atoms with van der Waals surface area (Å²) in [7, 11) is -1.08. The molecular formula is C19H25N3O3S2. The van der Waals surface area contributed by atoms with Gasteiger partial charge in [-0.1, -0.05) is 42.1 Å². The molecule has 27 heavy (non-hydrogen) atoms. The first kappa shape index (κ1) is 19.9. The molecule has 0 aliphatic carbocycles. The lowest BCUT2D eigenvalue weighted by Gasteiger charge is -2.29. The molecule has 0 spiro atoms. The van der Waals surface area contributed by atoms with Gasteiger partial charge in [0.2, 0.25) is 5.91 Å². The van der Waals surface area contributed by atoms with E-state index in [2.05, 4.69) is 4.98 Å². The Hall–Kier alpha value is -1.80. The molecule has 0 N–H and O–H groups in total. The minimum Gasteiger partial charge on any atom is -0.338 e. The maximum atomic E-state index is 12.9. The molecule has 6 nitrogen and oxygen atoms in total. The molecule has 1 saturated heterocycles. The highest BCUT2D eigenvalue weighted by Crippen LogP contribution is 2.29. The normalized spacial score (nSPS) is 19.7. The fourth-order valence-electron chi connectivity index (χ4n) is 3.44. The van der Waals surface area contributed by atoms with Crippen molar-refractivity contribution >= 4 is 27.5 Å². The van der Waals surface area contributed by atoms with E-state index in [-0.39, 0.29) is 28.7 Å². The molecule has 8 heteroatoms. The van der Waals surface area contributed by atoms with Gasteiger partial charge in [-0.25, -0.2) is 13.4 Å². The van der Waals surface area contributed by atoms with Crippen molar-refractivity contribution in [3.8, 4) is 11.3 Å². The van der Waals surface area contributed by atoms with E-state index in [4.69, 9.17) is 0 Å². The molecule has 3 rings (SSSR count). The standard InChI is InChI=1S/C19H25N3O3S2/c1-4-22(16-10-11-27(24,25)13-16)18(23)14(2)26-19-20-12-17(21(19)3)15-8-6-5-7-9-15/h5-9,12,14,16H,4,10-11,13H2,1-3H3. The first-order valence-electron chi connectivity index (χ1n) is 9.07. The summed E-state index contributed by atoms with van der Waals surface area (Å²) < 4.78 is 25.5. The van der Waals surface area contributed by atoms with Gasteiger partial charge in [-0.2, -0.15) is 0 Å². The first-order chi connectivity index (χ1) is 12.8. The summed E-state index contributed by atoms with van der Waals surface area (Å²) in [6.45, 7) is 4.27. The van der Waals surface area contributed by atoms with Gasteiger partial charge >= 0.3 is 0 Å². The minimum absolute atomic E-state index is 0.0335. The topological polar surface area (TPSA) is 72.3 Å². The van der Waals surface area contributed by atoms with Crippen LogP contribution >= 0.6 is 11.8 Å². The van der Waals surface area contributed by atoms with Crippen LogP contribution in [0.3, 0.4) is 0 Å². The number of carbonyl (C=O) groups is 1. The van der Waals surface area contributed by atoms with E-state index in [0.29, 0.717) is 13.0 Å². The number of sulfone groups is 1. The SMILES string of the molecule is CCN(C(=O)C(C)Sc1ncc(-c2ccccc2)n1C)C1CCS(=O)(=O)C1. The highest BCUT2D eigenvalue weighted by molar-refractivity contribution is 8.00. The number of hydrogen-bond donors (Lipinski definition) is 0. The maximum absolute atomic E-state index is 12.9. The predicted molar refractivity (Wildman–Crippen MR) is 108 cm³/mol. The van der Waals surface area contributed by atoms with E-state index in [0.717, 1.165) is 16.4 Å². The van der Waals surface area contributed by atoms with Crippen molar-refractivity contribution in [3.63, 3.8) is 0 Å². The van der Waals surface area contributed by atoms with Crippen LogP contribution in [0.4, 0.5) is 0 Å². The van der Waals surface area contributed by atoms with Gasteiger partial charge in [-0.15, -0.1) is 0 Å². The Morgan fingerprint density at radius 1 is 1.37 bits per heavy atom. The molecule has 0 bridgehead atoms. The molecule has 1 aromatic carbocycles. The smallest absolute Gasteiger partial charge is 0.236 e. The fourth-order valence-corrected chi connectivity index (χ4v) is 6.09. The number of amides is 1. The van der Waals surface area contributed by atoms with Crippen LogP contribution in [0, 0.1) is 0 Å². The Morgan fingerprint density at radius 2 is 2.07 bits per heavy atom. The summed E-state index contributed by atoms with van der Waals surface area (Å²) >= 11 is 1.41. The number of aromatic nitrogens is 2. The minimum atomic E-state index is -3.02. The molecule has 2 aromatic rings. The number of nitrogens with zero attached hydrogens (tertiary/aromatic N) is 3. The quantitative estimate of drug-likeness (QED) is 0.688. The number of carbonyl (C=O) groups excluding carboxylic acids is 1. The number of benzene rings is 1. The Kier molecular flexibility index (Phi) is 5.95. The fraction of sp³-hybridized carbons (Fsp3) is 0.474. The molecule has 0 radical (unpaired) electrons. The second-order valence-electron chi connectivity index (χ2n) is 6.79. The summed E-state index contributed by atoms with van der Waals surface area (Å²) in [5.41, 5.74) is 2.07. The van der Waals surface area contributed by atoms with Gasteiger partial charge in [0.1, 0.15) is 0 Å². The molecule has 1 aliphatic heterocycles. The van der Waals surface area contributed by atoms with Gasteiger partial charge in [0.05, 0.1) is 28.6 Å². The van der Waals surface area contributed by atoms with Crippen LogP contribution in [0.1, 0.15) is 20.3 Å². The second-order valence-corrected chi connectivity index (χ2v) is 10.3. The highest BCUT2D eigenvalue weighted by atomic mass is 32.2. The third kappa shape index (κ3) is 4.38. The lowest BCUT2D eigenvalue weighted by molar-refractivity contribution is -0.131. The van der Waals surface area contributed by atoms with Crippen molar-refractivity contribution in [1.82, 2.24) is 14.5 Å². The average molecular weight is 408 g/mol. The molecule has 146 valence electrons. The Balaban J connectivity index is 1.72. The Morgan fingerprint density at radius 3 is 2.67 bits per heavy atom. The summed E-state index contributed by atoms with van der Waals surface area (Å²) in [5.74, 6) is 0.210. The van der Waals surface area contributed by atoms with Crippen LogP contribution in [0.5, 0.6) is 0 Å². The monoisotopic (exact) mass is 407 g/mol. The lowest BCUT2D eigenvalue weighted by atomic mass is 10.2. The molecule has 1 aliphatic rings. The van der Waals surface area contributed by atoms with Crippen LogP contribution < -0.4 is 0 Å². The number of hydrogen-bond acceptors (Lipinski definition) is 5. The molecule has 1 amide bonds.